The maximum absolute atomic E-state index is 12.5. The van der Waals surface area contributed by atoms with Crippen LogP contribution in [0.4, 0.5) is 0 Å². The normalized spacial score (nSPS) is 12.2. The molecule has 20 heavy (non-hydrogen) atoms. The van der Waals surface area contributed by atoms with Crippen LogP contribution in [-0.2, 0) is 22.4 Å². The molecule has 0 saturated heterocycles. The van der Waals surface area contributed by atoms with Gasteiger partial charge in [-0.25, -0.2) is 8.42 Å². The van der Waals surface area contributed by atoms with Crippen molar-refractivity contribution in [2.24, 2.45) is 0 Å². The van der Waals surface area contributed by atoms with Crippen molar-refractivity contribution in [2.75, 3.05) is 7.05 Å². The number of furan rings is 1. The number of halogens is 3. The minimum absolute atomic E-state index is 0.0891. The van der Waals surface area contributed by atoms with Crippen molar-refractivity contribution in [1.82, 2.24) is 4.31 Å². The minimum atomic E-state index is -3.62. The van der Waals surface area contributed by atoms with E-state index < -0.39 is 10.0 Å². The second-order valence-corrected chi connectivity index (χ2v) is 8.89. The Hall–Kier alpha value is 0.140. The molecule has 0 saturated carbocycles. The number of hydrogen-bond acceptors (Lipinski definition) is 4. The van der Waals surface area contributed by atoms with Gasteiger partial charge in [0, 0.05) is 34.4 Å². The third-order valence-electron chi connectivity index (χ3n) is 2.53. The molecule has 9 heteroatoms. The summed E-state index contributed by atoms with van der Waals surface area (Å²) < 4.78 is 32.6. The quantitative estimate of drug-likeness (QED) is 0.617. The first-order valence-corrected chi connectivity index (χ1v) is 9.82. The molecule has 0 aliphatic heterocycles. The summed E-state index contributed by atoms with van der Waals surface area (Å²) >= 11 is 13.6. The fourth-order valence-corrected chi connectivity index (χ4v) is 5.37. The van der Waals surface area contributed by atoms with E-state index in [9.17, 15) is 8.42 Å². The average Bonchev–Trinajstić information content (AvgIpc) is 2.95. The molecule has 2 aromatic rings. The molecule has 0 aliphatic carbocycles. The number of hydrogen-bond donors (Lipinski definition) is 0. The van der Waals surface area contributed by atoms with Gasteiger partial charge >= 0.3 is 0 Å². The number of alkyl halides is 1. The SMILES string of the molecule is CN(Cc1cc(Br)cs1)S(=O)(=O)c1cc(CCl)oc1Br. The molecule has 0 aromatic carbocycles. The molecular formula is C11H10Br2ClNO3S2. The molecule has 2 heterocycles. The molecule has 0 aliphatic rings. The summed E-state index contributed by atoms with van der Waals surface area (Å²) in [6, 6.07) is 3.33. The molecule has 4 nitrogen and oxygen atoms in total. The van der Waals surface area contributed by atoms with Crippen LogP contribution in [-0.4, -0.2) is 19.8 Å². The van der Waals surface area contributed by atoms with Gasteiger partial charge in [0.05, 0.1) is 5.88 Å². The van der Waals surface area contributed by atoms with Crippen LogP contribution in [0.5, 0.6) is 0 Å². The first-order chi connectivity index (χ1) is 9.34. The predicted molar refractivity (Wildman–Crippen MR) is 86.6 cm³/mol. The Labute approximate surface area is 143 Å². The summed E-state index contributed by atoms with van der Waals surface area (Å²) in [4.78, 5) is 1.03. The summed E-state index contributed by atoms with van der Waals surface area (Å²) in [5.74, 6) is 0.528. The highest BCUT2D eigenvalue weighted by atomic mass is 79.9. The van der Waals surface area contributed by atoms with E-state index in [-0.39, 0.29) is 15.4 Å². The summed E-state index contributed by atoms with van der Waals surface area (Å²) in [6.45, 7) is 0.298. The van der Waals surface area contributed by atoms with E-state index in [1.165, 1.54) is 28.8 Å². The van der Waals surface area contributed by atoms with Gasteiger partial charge < -0.3 is 4.42 Å². The Morgan fingerprint density at radius 1 is 1.40 bits per heavy atom. The standard InChI is InChI=1S/C11H10Br2ClNO3S2/c1-15(5-9-2-7(12)6-19-9)20(16,17)10-3-8(4-14)18-11(10)13/h2-3,6H,4-5H2,1H3. The highest BCUT2D eigenvalue weighted by molar-refractivity contribution is 9.10. The largest absolute Gasteiger partial charge is 0.452 e. The highest BCUT2D eigenvalue weighted by Gasteiger charge is 2.27. The fourth-order valence-electron chi connectivity index (χ4n) is 1.55. The summed E-state index contributed by atoms with van der Waals surface area (Å²) in [7, 11) is -2.09. The summed E-state index contributed by atoms with van der Waals surface area (Å²) in [6.07, 6.45) is 0. The molecule has 0 spiro atoms. The van der Waals surface area contributed by atoms with Gasteiger partial charge in [0.25, 0.3) is 0 Å². The summed E-state index contributed by atoms with van der Waals surface area (Å²) in [5, 5.41) is 1.91. The van der Waals surface area contributed by atoms with Gasteiger partial charge in [0.1, 0.15) is 10.7 Å². The second kappa shape index (κ2) is 6.50. The molecule has 0 radical (unpaired) electrons. The Balaban J connectivity index is 2.26. The van der Waals surface area contributed by atoms with Crippen molar-refractivity contribution in [1.29, 1.82) is 0 Å². The van der Waals surface area contributed by atoms with Gasteiger partial charge in [0.15, 0.2) is 4.67 Å². The molecule has 2 aromatic heterocycles. The van der Waals surface area contributed by atoms with Crippen LogP contribution >= 0.6 is 54.8 Å². The Morgan fingerprint density at radius 3 is 2.60 bits per heavy atom. The Bertz CT molecular complexity index is 711. The second-order valence-electron chi connectivity index (χ2n) is 3.98. The van der Waals surface area contributed by atoms with E-state index in [2.05, 4.69) is 31.9 Å². The molecule has 0 bridgehead atoms. The van der Waals surface area contributed by atoms with Gasteiger partial charge in [0.2, 0.25) is 10.0 Å². The molecule has 0 atom stereocenters. The lowest BCUT2D eigenvalue weighted by atomic mass is 10.5. The molecule has 0 unspecified atom stereocenters. The molecular weight excluding hydrogens is 454 g/mol. The van der Waals surface area contributed by atoms with Gasteiger partial charge in [-0.2, -0.15) is 4.31 Å². The maximum atomic E-state index is 12.5. The van der Waals surface area contributed by atoms with E-state index in [1.807, 2.05) is 11.4 Å². The lowest BCUT2D eigenvalue weighted by molar-refractivity contribution is 0.462. The number of nitrogens with zero attached hydrogens (tertiary/aromatic N) is 1. The van der Waals surface area contributed by atoms with Crippen molar-refractivity contribution in [3.05, 3.63) is 37.3 Å². The van der Waals surface area contributed by atoms with E-state index in [0.717, 1.165) is 9.35 Å². The Morgan fingerprint density at radius 2 is 2.10 bits per heavy atom. The number of thiophene rings is 1. The zero-order valence-corrected chi connectivity index (χ0v) is 15.8. The van der Waals surface area contributed by atoms with Gasteiger partial charge in [-0.1, -0.05) is 0 Å². The zero-order chi connectivity index (χ0) is 14.9. The van der Waals surface area contributed by atoms with Crippen LogP contribution in [0.2, 0.25) is 0 Å². The third-order valence-corrected chi connectivity index (χ3v) is 7.13. The average molecular weight is 464 g/mol. The van der Waals surface area contributed by atoms with Crippen LogP contribution in [0, 0.1) is 0 Å². The van der Waals surface area contributed by atoms with Crippen LogP contribution < -0.4 is 0 Å². The van der Waals surface area contributed by atoms with Crippen molar-refractivity contribution < 1.29 is 12.8 Å². The highest BCUT2D eigenvalue weighted by Crippen LogP contribution is 2.30. The Kier molecular flexibility index (Phi) is 5.36. The number of sulfonamides is 1. The van der Waals surface area contributed by atoms with Gasteiger partial charge in [-0.3, -0.25) is 0 Å². The van der Waals surface area contributed by atoms with E-state index >= 15 is 0 Å². The van der Waals surface area contributed by atoms with E-state index in [1.54, 1.807) is 0 Å². The molecule has 0 fully saturated rings. The van der Waals surface area contributed by atoms with Crippen LogP contribution in [0.25, 0.3) is 0 Å². The predicted octanol–water partition coefficient (Wildman–Crippen LogP) is 4.43. The molecule has 0 N–H and O–H groups in total. The van der Waals surface area contributed by atoms with Crippen LogP contribution in [0.15, 0.2) is 36.0 Å². The fraction of sp³-hybridized carbons (Fsp3) is 0.273. The zero-order valence-electron chi connectivity index (χ0n) is 10.3. The first kappa shape index (κ1) is 16.5. The van der Waals surface area contributed by atoms with Crippen LogP contribution in [0.3, 0.4) is 0 Å². The van der Waals surface area contributed by atoms with Crippen LogP contribution in [0.1, 0.15) is 10.6 Å². The molecule has 110 valence electrons. The van der Waals surface area contributed by atoms with E-state index in [0.29, 0.717) is 12.3 Å². The van der Waals surface area contributed by atoms with Crippen molar-refractivity contribution in [2.45, 2.75) is 17.3 Å². The third kappa shape index (κ3) is 3.48. The first-order valence-electron chi connectivity index (χ1n) is 5.38. The monoisotopic (exact) mass is 461 g/mol. The van der Waals surface area contributed by atoms with Crippen molar-refractivity contribution in [3.63, 3.8) is 0 Å². The van der Waals surface area contributed by atoms with Gasteiger partial charge in [-0.05, 0) is 37.9 Å². The van der Waals surface area contributed by atoms with E-state index in [4.69, 9.17) is 16.0 Å². The lowest BCUT2D eigenvalue weighted by Gasteiger charge is -2.15. The minimum Gasteiger partial charge on any atom is -0.452 e. The summed E-state index contributed by atoms with van der Waals surface area (Å²) in [5.41, 5.74) is 0. The van der Waals surface area contributed by atoms with Crippen molar-refractivity contribution >= 4 is 64.8 Å². The topological polar surface area (TPSA) is 50.5 Å². The smallest absolute Gasteiger partial charge is 0.247 e. The van der Waals surface area contributed by atoms with Gasteiger partial charge in [-0.15, -0.1) is 22.9 Å². The van der Waals surface area contributed by atoms with Crippen molar-refractivity contribution in [3.8, 4) is 0 Å². The maximum Gasteiger partial charge on any atom is 0.247 e. The molecule has 2 rings (SSSR count). The number of rotatable bonds is 5. The lowest BCUT2D eigenvalue weighted by Crippen LogP contribution is -2.26. The molecule has 0 amide bonds.